The third-order valence-corrected chi connectivity index (χ3v) is 3.20. The van der Waals surface area contributed by atoms with Gasteiger partial charge in [0.05, 0.1) is 6.10 Å². The topological polar surface area (TPSA) is 32.3 Å². The van der Waals surface area contributed by atoms with Crippen LogP contribution in [0, 0.1) is 5.92 Å². The van der Waals surface area contributed by atoms with Crippen LogP contribution in [0.1, 0.15) is 54.4 Å². The number of aliphatic hydroxyl groups excluding tert-OH is 1. The van der Waals surface area contributed by atoms with E-state index in [2.05, 4.69) is 39.9 Å². The van der Waals surface area contributed by atoms with Crippen LogP contribution in [0.25, 0.3) is 0 Å². The molecule has 0 unspecified atom stereocenters. The zero-order valence-corrected chi connectivity index (χ0v) is 10.6. The Morgan fingerprint density at radius 3 is 2.07 bits per heavy atom. The molecule has 0 fully saturated rings. The summed E-state index contributed by atoms with van der Waals surface area (Å²) in [6, 6.07) is 0.524. The molecule has 0 saturated heterocycles. The molecule has 0 aliphatic carbocycles. The number of nitrogens with one attached hydrogen (secondary N) is 1. The highest BCUT2D eigenvalue weighted by molar-refractivity contribution is 4.88. The molecule has 0 aromatic carbocycles. The summed E-state index contributed by atoms with van der Waals surface area (Å²) < 4.78 is 0. The molecule has 2 N–H and O–H groups in total. The van der Waals surface area contributed by atoms with Crippen molar-refractivity contribution in [2.75, 3.05) is 0 Å². The van der Waals surface area contributed by atoms with Gasteiger partial charge < -0.3 is 10.4 Å². The van der Waals surface area contributed by atoms with Crippen molar-refractivity contribution < 1.29 is 5.11 Å². The molecule has 2 heteroatoms. The van der Waals surface area contributed by atoms with E-state index in [1.54, 1.807) is 0 Å². The zero-order valence-electron chi connectivity index (χ0n) is 10.6. The lowest BCUT2D eigenvalue weighted by Crippen LogP contribution is -2.52. The van der Waals surface area contributed by atoms with Gasteiger partial charge in [0.2, 0.25) is 0 Å². The molecule has 3 atom stereocenters. The van der Waals surface area contributed by atoms with Gasteiger partial charge in [-0.15, -0.1) is 0 Å². The van der Waals surface area contributed by atoms with Crippen molar-refractivity contribution in [3.63, 3.8) is 0 Å². The largest absolute Gasteiger partial charge is 0.393 e. The number of hydrogen-bond acceptors (Lipinski definition) is 2. The van der Waals surface area contributed by atoms with Crippen molar-refractivity contribution in [2.24, 2.45) is 5.92 Å². The molecule has 0 bridgehead atoms. The molecule has 2 nitrogen and oxygen atoms in total. The van der Waals surface area contributed by atoms with Gasteiger partial charge in [0.1, 0.15) is 0 Å². The maximum atomic E-state index is 9.56. The van der Waals surface area contributed by atoms with E-state index in [4.69, 9.17) is 0 Å². The zero-order chi connectivity index (χ0) is 11.4. The molecular formula is C12H27NO. The van der Waals surface area contributed by atoms with Gasteiger partial charge in [-0.2, -0.15) is 0 Å². The van der Waals surface area contributed by atoms with Crippen LogP contribution in [0.4, 0.5) is 0 Å². The van der Waals surface area contributed by atoms with Crippen molar-refractivity contribution >= 4 is 0 Å². The lowest BCUT2D eigenvalue weighted by atomic mass is 9.84. The van der Waals surface area contributed by atoms with Gasteiger partial charge in [-0.05, 0) is 40.0 Å². The molecule has 0 aromatic heterocycles. The Labute approximate surface area is 89.1 Å². The molecule has 0 aliphatic rings. The van der Waals surface area contributed by atoms with Crippen LogP contribution >= 0.6 is 0 Å². The first-order valence-corrected chi connectivity index (χ1v) is 5.77. The first-order chi connectivity index (χ1) is 6.31. The van der Waals surface area contributed by atoms with Crippen LogP contribution < -0.4 is 5.32 Å². The van der Waals surface area contributed by atoms with Crippen LogP contribution in [-0.4, -0.2) is 22.8 Å². The molecule has 0 aliphatic heterocycles. The smallest absolute Gasteiger partial charge is 0.0555 e. The number of aliphatic hydroxyl groups is 1. The maximum Gasteiger partial charge on any atom is 0.0555 e. The quantitative estimate of drug-likeness (QED) is 0.692. The molecule has 14 heavy (non-hydrogen) atoms. The van der Waals surface area contributed by atoms with Crippen molar-refractivity contribution in [1.82, 2.24) is 5.32 Å². The monoisotopic (exact) mass is 201 g/mol. The summed E-state index contributed by atoms with van der Waals surface area (Å²) in [4.78, 5) is 0. The Balaban J connectivity index is 4.17. The highest BCUT2D eigenvalue weighted by atomic mass is 16.3. The normalized spacial score (nSPS) is 19.1. The Kier molecular flexibility index (Phi) is 5.68. The third kappa shape index (κ3) is 4.43. The fourth-order valence-corrected chi connectivity index (χ4v) is 1.87. The highest BCUT2D eigenvalue weighted by Gasteiger charge is 2.29. The Bertz CT molecular complexity index is 154. The van der Waals surface area contributed by atoms with Crippen LogP contribution in [0.3, 0.4) is 0 Å². The van der Waals surface area contributed by atoms with Crippen LogP contribution in [0.2, 0.25) is 0 Å². The van der Waals surface area contributed by atoms with E-state index in [-0.39, 0.29) is 17.6 Å². The summed E-state index contributed by atoms with van der Waals surface area (Å²) >= 11 is 0. The Morgan fingerprint density at radius 1 is 1.21 bits per heavy atom. The van der Waals surface area contributed by atoms with E-state index >= 15 is 0 Å². The molecule has 0 spiro atoms. The summed E-state index contributed by atoms with van der Waals surface area (Å²) in [5, 5.41) is 13.1. The van der Waals surface area contributed by atoms with E-state index in [1.807, 2.05) is 6.92 Å². The standard InChI is InChI=1S/C12H27NO/c1-7-8-9(2)13-12(5,6)10(3)11(4)14/h9-11,13-14H,7-8H2,1-6H3/t9-,10+,11+/m1/s1. The average Bonchev–Trinajstić information content (AvgIpc) is 2.02. The van der Waals surface area contributed by atoms with Gasteiger partial charge >= 0.3 is 0 Å². The van der Waals surface area contributed by atoms with Gasteiger partial charge in [0, 0.05) is 11.6 Å². The van der Waals surface area contributed by atoms with Crippen LogP contribution in [0.5, 0.6) is 0 Å². The van der Waals surface area contributed by atoms with E-state index in [0.29, 0.717) is 6.04 Å². The van der Waals surface area contributed by atoms with Crippen LogP contribution in [0.15, 0.2) is 0 Å². The summed E-state index contributed by atoms with van der Waals surface area (Å²) in [6.07, 6.45) is 2.13. The maximum absolute atomic E-state index is 9.56. The lowest BCUT2D eigenvalue weighted by molar-refractivity contribution is 0.0754. The first kappa shape index (κ1) is 13.9. The number of rotatable bonds is 6. The first-order valence-electron chi connectivity index (χ1n) is 5.77. The van der Waals surface area contributed by atoms with Crippen molar-refractivity contribution in [3.05, 3.63) is 0 Å². The number of hydrogen-bond donors (Lipinski definition) is 2. The van der Waals surface area contributed by atoms with Gasteiger partial charge in [-0.3, -0.25) is 0 Å². The summed E-state index contributed by atoms with van der Waals surface area (Å²) in [5.41, 5.74) is 0.00273. The van der Waals surface area contributed by atoms with Crippen molar-refractivity contribution in [1.29, 1.82) is 0 Å². The fourth-order valence-electron chi connectivity index (χ4n) is 1.87. The van der Waals surface area contributed by atoms with Crippen molar-refractivity contribution in [3.8, 4) is 0 Å². The van der Waals surface area contributed by atoms with Crippen molar-refractivity contribution in [2.45, 2.75) is 72.1 Å². The second kappa shape index (κ2) is 5.72. The summed E-state index contributed by atoms with van der Waals surface area (Å²) in [5.74, 6) is 0.266. The minimum absolute atomic E-state index is 0.00273. The Hall–Kier alpha value is -0.0800. The van der Waals surface area contributed by atoms with Gasteiger partial charge in [-0.1, -0.05) is 20.3 Å². The molecule has 0 aromatic rings. The molecule has 86 valence electrons. The molecule has 0 radical (unpaired) electrons. The van der Waals surface area contributed by atoms with Gasteiger partial charge in [0.25, 0.3) is 0 Å². The minimum atomic E-state index is -0.258. The molecule has 0 amide bonds. The van der Waals surface area contributed by atoms with E-state index in [1.165, 1.54) is 12.8 Å². The Morgan fingerprint density at radius 2 is 1.71 bits per heavy atom. The van der Waals surface area contributed by atoms with E-state index in [0.717, 1.165) is 0 Å². The van der Waals surface area contributed by atoms with Gasteiger partial charge in [-0.25, -0.2) is 0 Å². The summed E-state index contributed by atoms with van der Waals surface area (Å²) in [7, 11) is 0. The summed E-state index contributed by atoms with van der Waals surface area (Å²) in [6.45, 7) is 12.7. The second-order valence-electron chi connectivity index (χ2n) is 5.09. The third-order valence-electron chi connectivity index (χ3n) is 3.20. The SMILES string of the molecule is CCC[C@@H](C)NC(C)(C)[C@@H](C)[C@H](C)O. The van der Waals surface area contributed by atoms with E-state index < -0.39 is 0 Å². The molecule has 0 rings (SSSR count). The highest BCUT2D eigenvalue weighted by Crippen LogP contribution is 2.21. The van der Waals surface area contributed by atoms with Gasteiger partial charge in [0.15, 0.2) is 0 Å². The molecule has 0 saturated carbocycles. The van der Waals surface area contributed by atoms with E-state index in [9.17, 15) is 5.11 Å². The molecular weight excluding hydrogens is 174 g/mol. The molecule has 0 heterocycles. The fraction of sp³-hybridized carbons (Fsp3) is 1.00. The minimum Gasteiger partial charge on any atom is -0.393 e. The predicted molar refractivity (Wildman–Crippen MR) is 62.4 cm³/mol. The average molecular weight is 201 g/mol. The predicted octanol–water partition coefficient (Wildman–Crippen LogP) is 2.56. The second-order valence-corrected chi connectivity index (χ2v) is 5.09. The lowest BCUT2D eigenvalue weighted by Gasteiger charge is -2.37. The van der Waals surface area contributed by atoms with Crippen LogP contribution in [-0.2, 0) is 0 Å².